The quantitative estimate of drug-likeness (QED) is 0.428. The Morgan fingerprint density at radius 2 is 1.63 bits per heavy atom. The number of benzene rings is 1. The molecule has 2 aromatic rings. The van der Waals surface area contributed by atoms with Crippen LogP contribution in [0.4, 0.5) is 0 Å². The van der Waals surface area contributed by atoms with Gasteiger partial charge in [-0.15, -0.1) is 0 Å². The number of aryl methyl sites for hydroxylation is 1. The summed E-state index contributed by atoms with van der Waals surface area (Å²) >= 11 is 0. The van der Waals surface area contributed by atoms with Gasteiger partial charge in [-0.05, 0) is 30.5 Å². The van der Waals surface area contributed by atoms with Gasteiger partial charge in [0.2, 0.25) is 0 Å². The van der Waals surface area contributed by atoms with Gasteiger partial charge in [-0.1, -0.05) is 0 Å². The number of aromatic carboxylic acids is 1. The molecular formula is C17H23N3O7. The van der Waals surface area contributed by atoms with E-state index in [1.54, 1.807) is 18.2 Å². The topological polar surface area (TPSA) is 168 Å². The van der Waals surface area contributed by atoms with Gasteiger partial charge < -0.3 is 30.4 Å². The molecule has 0 amide bonds. The van der Waals surface area contributed by atoms with E-state index < -0.39 is 22.9 Å². The zero-order valence-electron chi connectivity index (χ0n) is 15.1. The largest absolute Gasteiger partial charge is 0.497 e. The van der Waals surface area contributed by atoms with E-state index in [-0.39, 0.29) is 18.6 Å². The third-order valence-corrected chi connectivity index (χ3v) is 3.46. The monoisotopic (exact) mass is 381 g/mol. The number of nitrogens with one attached hydrogen (secondary N) is 2. The predicted octanol–water partition coefficient (Wildman–Crippen LogP) is -0.499. The number of hydrogen-bond donors (Lipinski definition) is 5. The maximum absolute atomic E-state index is 11.8. The van der Waals surface area contributed by atoms with Gasteiger partial charge in [-0.2, -0.15) is 0 Å². The molecule has 0 bridgehead atoms. The Morgan fingerprint density at radius 3 is 2.07 bits per heavy atom. The maximum Gasteiger partial charge on any atom is 0.352 e. The average Bonchev–Trinajstić information content (AvgIpc) is 2.66. The molecule has 6 N–H and O–H groups in total. The van der Waals surface area contributed by atoms with Crippen LogP contribution in [0.1, 0.15) is 21.6 Å². The number of hydrogen-bond acceptors (Lipinski definition) is 7. The summed E-state index contributed by atoms with van der Waals surface area (Å²) in [4.78, 5) is 38.4. The zero-order valence-corrected chi connectivity index (χ0v) is 15.1. The molecule has 1 aromatic heterocycles. The maximum atomic E-state index is 11.8. The molecule has 0 atom stereocenters. The van der Waals surface area contributed by atoms with Crippen molar-refractivity contribution in [1.82, 2.24) is 9.97 Å². The molecule has 0 aliphatic heterocycles. The van der Waals surface area contributed by atoms with Gasteiger partial charge in [-0.3, -0.25) is 9.78 Å². The molecule has 0 saturated heterocycles. The summed E-state index contributed by atoms with van der Waals surface area (Å²) in [5.41, 5.74) is 3.65. The Balaban J connectivity index is 0.000000828. The van der Waals surface area contributed by atoms with E-state index in [1.165, 1.54) is 14.2 Å². The van der Waals surface area contributed by atoms with E-state index in [2.05, 4.69) is 4.98 Å². The number of aromatic amines is 2. The fraction of sp³-hybridized carbons (Fsp3) is 0.353. The summed E-state index contributed by atoms with van der Waals surface area (Å²) in [6.45, 7) is 0.472. The first-order valence-electron chi connectivity index (χ1n) is 7.97. The number of H-pyrrole nitrogens is 2. The molecule has 0 aliphatic rings. The fourth-order valence-corrected chi connectivity index (χ4v) is 2.21. The SMILES string of the molecule is COc1cc(CCc2c(C(=O)O)[nH]c(=O)[nH]c2=O)cc(OC)c1.NCCO. The first-order chi connectivity index (χ1) is 12.9. The number of aliphatic hydroxyl groups is 1. The zero-order chi connectivity index (χ0) is 20.4. The molecule has 10 nitrogen and oxygen atoms in total. The van der Waals surface area contributed by atoms with Gasteiger partial charge >= 0.3 is 11.7 Å². The Kier molecular flexibility index (Phi) is 8.76. The van der Waals surface area contributed by atoms with E-state index in [0.717, 1.165) is 5.56 Å². The van der Waals surface area contributed by atoms with Crippen LogP contribution in [-0.2, 0) is 12.8 Å². The third kappa shape index (κ3) is 6.60. The van der Waals surface area contributed by atoms with Gasteiger partial charge in [0.05, 0.1) is 20.8 Å². The van der Waals surface area contributed by atoms with Gasteiger partial charge in [0.1, 0.15) is 17.2 Å². The summed E-state index contributed by atoms with van der Waals surface area (Å²) in [6.07, 6.45) is 0.521. The number of aromatic nitrogens is 2. The lowest BCUT2D eigenvalue weighted by Crippen LogP contribution is -2.30. The summed E-state index contributed by atoms with van der Waals surface area (Å²) in [7, 11) is 3.04. The second-order valence-corrected chi connectivity index (χ2v) is 5.30. The molecule has 2 rings (SSSR count). The Morgan fingerprint density at radius 1 is 1.07 bits per heavy atom. The summed E-state index contributed by atoms with van der Waals surface area (Å²) in [5.74, 6) is -0.173. The van der Waals surface area contributed by atoms with Crippen molar-refractivity contribution in [2.45, 2.75) is 12.8 Å². The summed E-state index contributed by atoms with van der Waals surface area (Å²) in [6, 6.07) is 5.24. The first kappa shape index (κ1) is 21.9. The van der Waals surface area contributed by atoms with E-state index in [1.807, 2.05) is 4.98 Å². The lowest BCUT2D eigenvalue weighted by molar-refractivity contribution is 0.0688. The number of rotatable bonds is 7. The molecule has 148 valence electrons. The number of ether oxygens (including phenoxy) is 2. The van der Waals surface area contributed by atoms with Gasteiger partial charge in [0, 0.05) is 18.2 Å². The minimum atomic E-state index is -1.36. The highest BCUT2D eigenvalue weighted by molar-refractivity contribution is 5.86. The molecule has 0 spiro atoms. The van der Waals surface area contributed by atoms with Gasteiger partial charge in [0.25, 0.3) is 5.56 Å². The minimum Gasteiger partial charge on any atom is -0.497 e. The number of nitrogens with two attached hydrogens (primary N) is 1. The van der Waals surface area contributed by atoms with Crippen LogP contribution < -0.4 is 26.5 Å². The van der Waals surface area contributed by atoms with Crippen LogP contribution in [0.5, 0.6) is 11.5 Å². The summed E-state index contributed by atoms with van der Waals surface area (Å²) < 4.78 is 10.3. The molecule has 1 heterocycles. The lowest BCUT2D eigenvalue weighted by atomic mass is 10.0. The standard InChI is InChI=1S/C15H16N2O6.C2H7NO/c1-22-9-5-8(6-10(7-9)23-2)3-4-11-12(14(19)20)16-15(21)17-13(11)18;3-1-2-4/h5-7H,3-4H2,1-2H3,(H,19,20)(H2,16,17,18,21);4H,1-3H2. The number of aliphatic hydroxyl groups excluding tert-OH is 1. The highest BCUT2D eigenvalue weighted by atomic mass is 16.5. The van der Waals surface area contributed by atoms with Crippen molar-refractivity contribution in [3.8, 4) is 11.5 Å². The number of carboxylic acid groups (broad SMARTS) is 1. The number of carboxylic acids is 1. The van der Waals surface area contributed by atoms with E-state index in [9.17, 15) is 14.4 Å². The van der Waals surface area contributed by atoms with Crippen LogP contribution >= 0.6 is 0 Å². The smallest absolute Gasteiger partial charge is 0.352 e. The van der Waals surface area contributed by atoms with Gasteiger partial charge in [0.15, 0.2) is 0 Å². The van der Waals surface area contributed by atoms with Crippen molar-refractivity contribution < 1.29 is 24.5 Å². The first-order valence-corrected chi connectivity index (χ1v) is 7.97. The third-order valence-electron chi connectivity index (χ3n) is 3.46. The van der Waals surface area contributed by atoms with E-state index in [4.69, 9.17) is 25.4 Å². The van der Waals surface area contributed by atoms with Crippen LogP contribution in [0.3, 0.4) is 0 Å². The molecule has 27 heavy (non-hydrogen) atoms. The highest BCUT2D eigenvalue weighted by Crippen LogP contribution is 2.23. The fourth-order valence-electron chi connectivity index (χ4n) is 2.21. The molecule has 1 aromatic carbocycles. The van der Waals surface area contributed by atoms with Crippen LogP contribution in [-0.4, -0.2) is 53.5 Å². The van der Waals surface area contributed by atoms with Crippen molar-refractivity contribution in [3.05, 3.63) is 55.9 Å². The second kappa shape index (κ2) is 10.8. The van der Waals surface area contributed by atoms with Crippen molar-refractivity contribution in [1.29, 1.82) is 0 Å². The molecule has 0 fully saturated rings. The number of carbonyl (C=O) groups is 1. The Labute approximate surface area is 154 Å². The predicted molar refractivity (Wildman–Crippen MR) is 97.7 cm³/mol. The summed E-state index contributed by atoms with van der Waals surface area (Å²) in [5, 5.41) is 16.9. The lowest BCUT2D eigenvalue weighted by Gasteiger charge is -2.09. The normalized spacial score (nSPS) is 9.93. The van der Waals surface area contributed by atoms with E-state index in [0.29, 0.717) is 24.5 Å². The molecular weight excluding hydrogens is 358 g/mol. The Bertz CT molecular complexity index is 849. The highest BCUT2D eigenvalue weighted by Gasteiger charge is 2.16. The Hall–Kier alpha value is -3.11. The van der Waals surface area contributed by atoms with Crippen LogP contribution in [0.25, 0.3) is 0 Å². The molecule has 0 radical (unpaired) electrons. The van der Waals surface area contributed by atoms with Crippen LogP contribution in [0, 0.1) is 0 Å². The van der Waals surface area contributed by atoms with Crippen LogP contribution in [0.15, 0.2) is 27.8 Å². The van der Waals surface area contributed by atoms with Crippen molar-refractivity contribution in [2.24, 2.45) is 5.73 Å². The van der Waals surface area contributed by atoms with Crippen molar-refractivity contribution in [2.75, 3.05) is 27.4 Å². The second-order valence-electron chi connectivity index (χ2n) is 5.30. The molecule has 0 aliphatic carbocycles. The minimum absolute atomic E-state index is 0.0129. The number of methoxy groups -OCH3 is 2. The average molecular weight is 381 g/mol. The van der Waals surface area contributed by atoms with Crippen molar-refractivity contribution in [3.63, 3.8) is 0 Å². The molecule has 0 saturated carbocycles. The van der Waals surface area contributed by atoms with E-state index >= 15 is 0 Å². The molecule has 0 unspecified atom stereocenters. The molecule has 10 heteroatoms. The van der Waals surface area contributed by atoms with Crippen LogP contribution in [0.2, 0.25) is 0 Å². The van der Waals surface area contributed by atoms with Gasteiger partial charge in [-0.25, -0.2) is 9.59 Å². The van der Waals surface area contributed by atoms with Crippen molar-refractivity contribution >= 4 is 5.97 Å².